The number of nitrogens with one attached hydrogen (secondary N) is 1. The minimum absolute atomic E-state index is 0.0447. The zero-order valence-electron chi connectivity index (χ0n) is 11.6. The molecule has 0 spiro atoms. The molecule has 6 nitrogen and oxygen atoms in total. The van der Waals surface area contributed by atoms with E-state index in [1.807, 2.05) is 6.92 Å². The first-order valence-electron chi connectivity index (χ1n) is 6.36. The Morgan fingerprint density at radius 1 is 1.44 bits per heavy atom. The first kappa shape index (κ1) is 14.6. The van der Waals surface area contributed by atoms with Crippen molar-refractivity contribution in [3.05, 3.63) is 11.9 Å². The number of hydrogen-bond acceptors (Lipinski definition) is 4. The number of carbonyl (C=O) groups is 1. The Hall–Kier alpha value is -1.43. The van der Waals surface area contributed by atoms with Crippen molar-refractivity contribution in [3.63, 3.8) is 0 Å². The second-order valence-corrected chi connectivity index (χ2v) is 5.06. The van der Waals surface area contributed by atoms with Crippen LogP contribution in [0, 0.1) is 5.92 Å². The largest absolute Gasteiger partial charge is 0.354 e. The lowest BCUT2D eigenvalue weighted by molar-refractivity contribution is -0.124. The van der Waals surface area contributed by atoms with Crippen LogP contribution in [0.3, 0.4) is 0 Å². The Morgan fingerprint density at radius 3 is 2.61 bits per heavy atom. The highest BCUT2D eigenvalue weighted by Gasteiger charge is 2.17. The lowest BCUT2D eigenvalue weighted by Gasteiger charge is -2.12. The average molecular weight is 253 g/mol. The molecule has 0 bridgehead atoms. The van der Waals surface area contributed by atoms with Gasteiger partial charge in [0.25, 0.3) is 0 Å². The monoisotopic (exact) mass is 253 g/mol. The van der Waals surface area contributed by atoms with Crippen LogP contribution in [0.5, 0.6) is 0 Å². The fourth-order valence-electron chi connectivity index (χ4n) is 1.44. The number of nitrogens with two attached hydrogens (primary N) is 1. The second kappa shape index (κ2) is 6.49. The number of amides is 1. The minimum Gasteiger partial charge on any atom is -0.354 e. The van der Waals surface area contributed by atoms with Crippen LogP contribution in [0.2, 0.25) is 0 Å². The maximum Gasteiger partial charge on any atom is 0.244 e. The molecule has 0 aliphatic carbocycles. The minimum atomic E-state index is -0.364. The van der Waals surface area contributed by atoms with Gasteiger partial charge in [0, 0.05) is 12.6 Å². The molecule has 18 heavy (non-hydrogen) atoms. The molecule has 0 saturated heterocycles. The molecule has 102 valence electrons. The molecule has 1 aromatic rings. The summed E-state index contributed by atoms with van der Waals surface area (Å²) in [7, 11) is 0. The number of hydrogen-bond donors (Lipinski definition) is 2. The summed E-state index contributed by atoms with van der Waals surface area (Å²) in [6.45, 7) is 8.58. The Balaban J connectivity index is 2.52. The van der Waals surface area contributed by atoms with Crippen molar-refractivity contribution in [1.29, 1.82) is 0 Å². The first-order valence-corrected chi connectivity index (χ1v) is 6.36. The van der Waals surface area contributed by atoms with Gasteiger partial charge < -0.3 is 11.1 Å². The van der Waals surface area contributed by atoms with Gasteiger partial charge in [-0.1, -0.05) is 19.1 Å². The van der Waals surface area contributed by atoms with Gasteiger partial charge in [0.1, 0.15) is 6.04 Å². The van der Waals surface area contributed by atoms with E-state index in [4.69, 9.17) is 5.73 Å². The highest BCUT2D eigenvalue weighted by atomic mass is 16.2. The maximum absolute atomic E-state index is 11.9. The Morgan fingerprint density at radius 2 is 2.11 bits per heavy atom. The van der Waals surface area contributed by atoms with Crippen LogP contribution in [-0.2, 0) is 4.79 Å². The predicted octanol–water partition coefficient (Wildman–Crippen LogP) is 1.02. The smallest absolute Gasteiger partial charge is 0.244 e. The van der Waals surface area contributed by atoms with Gasteiger partial charge in [0.05, 0.1) is 11.9 Å². The topological polar surface area (TPSA) is 85.8 Å². The van der Waals surface area contributed by atoms with Crippen LogP contribution in [0.4, 0.5) is 0 Å². The summed E-state index contributed by atoms with van der Waals surface area (Å²) in [4.78, 5) is 11.9. The predicted molar refractivity (Wildman–Crippen MR) is 69.8 cm³/mol. The third kappa shape index (κ3) is 4.10. The van der Waals surface area contributed by atoms with Crippen LogP contribution in [-0.4, -0.2) is 27.4 Å². The molecule has 0 aliphatic heterocycles. The summed E-state index contributed by atoms with van der Waals surface area (Å²) in [5.41, 5.74) is 6.39. The van der Waals surface area contributed by atoms with E-state index in [1.165, 1.54) is 0 Å². The summed E-state index contributed by atoms with van der Waals surface area (Å²) >= 11 is 0. The molecular weight excluding hydrogens is 230 g/mol. The molecule has 6 heteroatoms. The number of carbonyl (C=O) groups excluding carboxylic acids is 1. The fourth-order valence-corrected chi connectivity index (χ4v) is 1.44. The van der Waals surface area contributed by atoms with E-state index in [9.17, 15) is 4.79 Å². The Kier molecular flexibility index (Phi) is 5.27. The number of nitrogens with zero attached hydrogens (tertiary/aromatic N) is 3. The van der Waals surface area contributed by atoms with Crippen LogP contribution < -0.4 is 11.1 Å². The van der Waals surface area contributed by atoms with E-state index in [-0.39, 0.29) is 18.0 Å². The van der Waals surface area contributed by atoms with Crippen molar-refractivity contribution >= 4 is 5.91 Å². The molecule has 0 saturated carbocycles. The van der Waals surface area contributed by atoms with Gasteiger partial charge in [-0.3, -0.25) is 4.79 Å². The molecule has 2 atom stereocenters. The molecule has 2 unspecified atom stereocenters. The summed E-state index contributed by atoms with van der Waals surface area (Å²) in [6, 6.07) is -0.535. The number of rotatable bonds is 6. The third-order valence-electron chi connectivity index (χ3n) is 2.79. The summed E-state index contributed by atoms with van der Waals surface area (Å²) in [5.74, 6) is 0.536. The highest BCUT2D eigenvalue weighted by Crippen LogP contribution is 2.09. The fraction of sp³-hybridized carbons (Fsp3) is 0.750. The molecule has 1 aromatic heterocycles. The van der Waals surface area contributed by atoms with E-state index in [0.29, 0.717) is 18.2 Å². The second-order valence-electron chi connectivity index (χ2n) is 5.06. The lowest BCUT2D eigenvalue weighted by Crippen LogP contribution is -2.32. The zero-order valence-corrected chi connectivity index (χ0v) is 11.6. The Bertz CT molecular complexity index is 386. The quantitative estimate of drug-likeness (QED) is 0.792. The van der Waals surface area contributed by atoms with Crippen molar-refractivity contribution in [3.8, 4) is 0 Å². The first-order chi connectivity index (χ1) is 8.41. The lowest BCUT2D eigenvalue weighted by atomic mass is 10.1. The molecule has 1 rings (SSSR count). The van der Waals surface area contributed by atoms with Gasteiger partial charge in [0.2, 0.25) is 5.91 Å². The average Bonchev–Trinajstić information content (AvgIpc) is 2.76. The van der Waals surface area contributed by atoms with E-state index >= 15 is 0 Å². The summed E-state index contributed by atoms with van der Waals surface area (Å²) in [5, 5.41) is 10.8. The van der Waals surface area contributed by atoms with Crippen molar-refractivity contribution in [2.45, 2.75) is 46.2 Å². The van der Waals surface area contributed by atoms with Crippen molar-refractivity contribution < 1.29 is 4.79 Å². The molecule has 0 aliphatic rings. The summed E-state index contributed by atoms with van der Waals surface area (Å²) < 4.78 is 1.55. The third-order valence-corrected chi connectivity index (χ3v) is 2.79. The molecule has 0 radical (unpaired) electrons. The highest BCUT2D eigenvalue weighted by molar-refractivity contribution is 5.79. The maximum atomic E-state index is 11.9. The molecule has 1 heterocycles. The molecular formula is C12H23N5O. The Labute approximate surface area is 108 Å². The van der Waals surface area contributed by atoms with Gasteiger partial charge >= 0.3 is 0 Å². The van der Waals surface area contributed by atoms with E-state index < -0.39 is 0 Å². The van der Waals surface area contributed by atoms with E-state index in [1.54, 1.807) is 17.8 Å². The van der Waals surface area contributed by atoms with Crippen LogP contribution in [0.15, 0.2) is 6.20 Å². The summed E-state index contributed by atoms with van der Waals surface area (Å²) in [6.07, 6.45) is 2.69. The van der Waals surface area contributed by atoms with Crippen molar-refractivity contribution in [1.82, 2.24) is 20.3 Å². The molecule has 0 fully saturated rings. The van der Waals surface area contributed by atoms with E-state index in [2.05, 4.69) is 29.5 Å². The van der Waals surface area contributed by atoms with Gasteiger partial charge in [0.15, 0.2) is 0 Å². The standard InChI is InChI=1S/C12H23N5O/c1-8(2)5-6-14-12(18)10(4)17-7-11(9(3)13)15-16-17/h7-10H,5-6,13H2,1-4H3,(H,14,18). The molecule has 1 amide bonds. The van der Waals surface area contributed by atoms with Crippen molar-refractivity contribution in [2.24, 2.45) is 11.7 Å². The zero-order chi connectivity index (χ0) is 13.7. The molecule has 0 aromatic carbocycles. The van der Waals surface area contributed by atoms with E-state index in [0.717, 1.165) is 6.42 Å². The van der Waals surface area contributed by atoms with Gasteiger partial charge in [-0.25, -0.2) is 4.68 Å². The van der Waals surface area contributed by atoms with Gasteiger partial charge in [-0.15, -0.1) is 5.10 Å². The SMILES string of the molecule is CC(C)CCNC(=O)C(C)n1cc(C(C)N)nn1. The van der Waals surface area contributed by atoms with Crippen LogP contribution >= 0.6 is 0 Å². The normalized spacial score (nSPS) is 14.6. The van der Waals surface area contributed by atoms with Gasteiger partial charge in [-0.2, -0.15) is 0 Å². The van der Waals surface area contributed by atoms with Crippen molar-refractivity contribution in [2.75, 3.05) is 6.54 Å². The van der Waals surface area contributed by atoms with Gasteiger partial charge in [-0.05, 0) is 26.2 Å². The van der Waals surface area contributed by atoms with Crippen LogP contribution in [0.25, 0.3) is 0 Å². The van der Waals surface area contributed by atoms with Crippen LogP contribution in [0.1, 0.15) is 51.9 Å². The number of aromatic nitrogens is 3. The molecule has 3 N–H and O–H groups in total.